The smallest absolute Gasteiger partial charge is 0.123 e. The molecular weight excluding hydrogens is 420 g/mol. The number of hydrogen-bond donors (Lipinski definition) is 2. The van der Waals surface area contributed by atoms with Gasteiger partial charge in [-0.1, -0.05) is 90.8 Å². The van der Waals surface area contributed by atoms with Crippen LogP contribution >= 0.6 is 0 Å². The molecule has 0 heterocycles. The third-order valence-electron chi connectivity index (χ3n) is 6.70. The quantitative estimate of drug-likeness (QED) is 0.432. The summed E-state index contributed by atoms with van der Waals surface area (Å²) in [5.41, 5.74) is 5.94. The van der Waals surface area contributed by atoms with Crippen molar-refractivity contribution < 1.29 is 10.2 Å². The lowest BCUT2D eigenvalue weighted by Crippen LogP contribution is -2.34. The van der Waals surface area contributed by atoms with Crippen LogP contribution in [-0.2, 0) is 23.9 Å². The van der Waals surface area contributed by atoms with Crippen LogP contribution < -0.4 is 0 Å². The van der Waals surface area contributed by atoms with Crippen LogP contribution in [0.3, 0.4) is 0 Å². The van der Waals surface area contributed by atoms with Crippen molar-refractivity contribution in [3.63, 3.8) is 0 Å². The van der Waals surface area contributed by atoms with Crippen molar-refractivity contribution in [3.8, 4) is 11.5 Å². The van der Waals surface area contributed by atoms with Crippen molar-refractivity contribution >= 4 is 0 Å². The van der Waals surface area contributed by atoms with Crippen molar-refractivity contribution in [3.05, 3.63) is 57.6 Å². The molecule has 2 aromatic rings. The fourth-order valence-electron chi connectivity index (χ4n) is 4.61. The van der Waals surface area contributed by atoms with E-state index in [0.717, 1.165) is 59.6 Å². The molecule has 0 saturated carbocycles. The van der Waals surface area contributed by atoms with Crippen LogP contribution in [0, 0.1) is 13.8 Å². The predicted octanol–water partition coefficient (Wildman–Crippen LogP) is 6.65. The fourth-order valence-corrected chi connectivity index (χ4v) is 4.61. The van der Waals surface area contributed by atoms with E-state index in [0.29, 0.717) is 24.6 Å². The molecule has 4 heteroatoms. The van der Waals surface area contributed by atoms with Crippen molar-refractivity contribution in [2.75, 3.05) is 26.2 Å². The first-order chi connectivity index (χ1) is 15.7. The van der Waals surface area contributed by atoms with Gasteiger partial charge in [-0.25, -0.2) is 0 Å². The summed E-state index contributed by atoms with van der Waals surface area (Å²) in [6, 6.07) is 8.40. The molecule has 2 aromatic carbocycles. The Morgan fingerprint density at radius 1 is 0.618 bits per heavy atom. The van der Waals surface area contributed by atoms with E-state index in [1.54, 1.807) is 0 Å². The number of rotatable bonds is 9. The molecule has 34 heavy (non-hydrogen) atoms. The Labute approximate surface area is 208 Å². The second-order valence-electron chi connectivity index (χ2n) is 11.9. The maximum Gasteiger partial charge on any atom is 0.123 e. The van der Waals surface area contributed by atoms with Gasteiger partial charge in [-0.2, -0.15) is 0 Å². The summed E-state index contributed by atoms with van der Waals surface area (Å²) in [5, 5.41) is 22.4. The fraction of sp³-hybridized carbons (Fsp3) is 0.600. The minimum absolute atomic E-state index is 0.132. The van der Waals surface area contributed by atoms with E-state index in [-0.39, 0.29) is 10.8 Å². The summed E-state index contributed by atoms with van der Waals surface area (Å²) in [6.07, 6.45) is 0. The molecule has 0 aromatic heterocycles. The van der Waals surface area contributed by atoms with Crippen molar-refractivity contribution in [1.29, 1.82) is 0 Å². The first kappa shape index (κ1) is 28.2. The molecule has 0 aliphatic carbocycles. The van der Waals surface area contributed by atoms with Crippen molar-refractivity contribution in [2.24, 2.45) is 0 Å². The molecule has 0 amide bonds. The third kappa shape index (κ3) is 7.23. The lowest BCUT2D eigenvalue weighted by atomic mass is 9.83. The SMILES string of the molecule is CCN(CC)CCN(Cc1cc(C)cc(C(C)(C)C)c1O)Cc1cc(C)cc(C(C)(C)C)c1O. The lowest BCUT2D eigenvalue weighted by molar-refractivity contribution is 0.198. The van der Waals surface area contributed by atoms with Gasteiger partial charge in [-0.3, -0.25) is 4.90 Å². The van der Waals surface area contributed by atoms with E-state index >= 15 is 0 Å². The minimum atomic E-state index is -0.132. The maximum atomic E-state index is 11.2. The molecule has 0 aliphatic rings. The van der Waals surface area contributed by atoms with Crippen LogP contribution in [0.25, 0.3) is 0 Å². The molecule has 0 saturated heterocycles. The first-order valence-corrected chi connectivity index (χ1v) is 12.8. The predicted molar refractivity (Wildman–Crippen MR) is 145 cm³/mol. The molecule has 2 N–H and O–H groups in total. The molecule has 0 spiro atoms. The Morgan fingerprint density at radius 3 is 1.29 bits per heavy atom. The Balaban J connectivity index is 2.47. The summed E-state index contributed by atoms with van der Waals surface area (Å²) >= 11 is 0. The molecule has 0 atom stereocenters. The highest BCUT2D eigenvalue weighted by Gasteiger charge is 2.24. The number of phenols is 2. The minimum Gasteiger partial charge on any atom is -0.507 e. The number of aromatic hydroxyl groups is 2. The first-order valence-electron chi connectivity index (χ1n) is 12.8. The van der Waals surface area contributed by atoms with Gasteiger partial charge in [-0.05, 0) is 48.9 Å². The van der Waals surface area contributed by atoms with E-state index in [4.69, 9.17) is 0 Å². The van der Waals surface area contributed by atoms with Crippen LogP contribution in [-0.4, -0.2) is 46.2 Å². The number of aryl methyl sites for hydroxylation is 2. The van der Waals surface area contributed by atoms with Crippen LogP contribution in [0.4, 0.5) is 0 Å². The van der Waals surface area contributed by atoms with Gasteiger partial charge in [0, 0.05) is 37.3 Å². The monoisotopic (exact) mass is 468 g/mol. The molecule has 0 unspecified atom stereocenters. The van der Waals surface area contributed by atoms with E-state index in [2.05, 4.69) is 103 Å². The largest absolute Gasteiger partial charge is 0.507 e. The molecule has 0 radical (unpaired) electrons. The lowest BCUT2D eigenvalue weighted by Gasteiger charge is -2.30. The summed E-state index contributed by atoms with van der Waals surface area (Å²) in [6.45, 7) is 26.5. The number of likely N-dealkylation sites (N-methyl/N-ethyl adjacent to an activating group) is 1. The molecular formula is C30H48N2O2. The van der Waals surface area contributed by atoms with Gasteiger partial charge < -0.3 is 15.1 Å². The summed E-state index contributed by atoms with van der Waals surface area (Å²) < 4.78 is 0. The maximum absolute atomic E-state index is 11.2. The zero-order valence-electron chi connectivity index (χ0n) is 23.3. The number of phenolic OH excluding ortho intramolecular Hbond substituents is 2. The van der Waals surface area contributed by atoms with Gasteiger partial charge in [0.1, 0.15) is 11.5 Å². The highest BCUT2D eigenvalue weighted by atomic mass is 16.3. The standard InChI is InChI=1S/C30H48N2O2/c1-11-31(12-2)13-14-32(19-23-15-21(3)17-25(27(23)33)29(5,6)7)20-24-16-22(4)18-26(28(24)34)30(8,9)10/h15-18,33-34H,11-14,19-20H2,1-10H3. The normalized spacial score (nSPS) is 12.7. The summed E-state index contributed by atoms with van der Waals surface area (Å²) in [5.74, 6) is 0.796. The zero-order chi connectivity index (χ0) is 25.8. The van der Waals surface area contributed by atoms with E-state index < -0.39 is 0 Å². The Bertz CT molecular complexity index is 892. The average molecular weight is 469 g/mol. The highest BCUT2D eigenvalue weighted by Crippen LogP contribution is 2.37. The highest BCUT2D eigenvalue weighted by molar-refractivity contribution is 5.48. The molecule has 190 valence electrons. The molecule has 0 aliphatic heterocycles. The van der Waals surface area contributed by atoms with Gasteiger partial charge in [0.05, 0.1) is 0 Å². The van der Waals surface area contributed by atoms with Gasteiger partial charge >= 0.3 is 0 Å². The Hall–Kier alpha value is -2.04. The number of benzene rings is 2. The second-order valence-corrected chi connectivity index (χ2v) is 11.9. The van der Waals surface area contributed by atoms with Gasteiger partial charge in [-0.15, -0.1) is 0 Å². The van der Waals surface area contributed by atoms with E-state index in [1.165, 1.54) is 0 Å². The van der Waals surface area contributed by atoms with Crippen LogP contribution in [0.15, 0.2) is 24.3 Å². The van der Waals surface area contributed by atoms with Crippen molar-refractivity contribution in [1.82, 2.24) is 9.80 Å². The third-order valence-corrected chi connectivity index (χ3v) is 6.70. The van der Waals surface area contributed by atoms with Crippen LogP contribution in [0.1, 0.15) is 88.8 Å². The number of hydrogen-bond acceptors (Lipinski definition) is 4. The zero-order valence-corrected chi connectivity index (χ0v) is 23.3. The van der Waals surface area contributed by atoms with Gasteiger partial charge in [0.2, 0.25) is 0 Å². The van der Waals surface area contributed by atoms with Crippen LogP contribution in [0.2, 0.25) is 0 Å². The summed E-state index contributed by atoms with van der Waals surface area (Å²) in [7, 11) is 0. The Morgan fingerprint density at radius 2 is 0.971 bits per heavy atom. The average Bonchev–Trinajstić information content (AvgIpc) is 2.71. The molecule has 0 fully saturated rings. The second kappa shape index (κ2) is 11.1. The Kier molecular flexibility index (Phi) is 9.23. The van der Waals surface area contributed by atoms with E-state index in [9.17, 15) is 10.2 Å². The van der Waals surface area contributed by atoms with Crippen LogP contribution in [0.5, 0.6) is 11.5 Å². The van der Waals surface area contributed by atoms with Gasteiger partial charge in [0.25, 0.3) is 0 Å². The molecule has 4 nitrogen and oxygen atoms in total. The number of nitrogens with zero attached hydrogens (tertiary/aromatic N) is 2. The molecule has 0 bridgehead atoms. The van der Waals surface area contributed by atoms with Gasteiger partial charge in [0.15, 0.2) is 0 Å². The summed E-state index contributed by atoms with van der Waals surface area (Å²) in [4.78, 5) is 4.78. The van der Waals surface area contributed by atoms with E-state index in [1.807, 2.05) is 0 Å². The van der Waals surface area contributed by atoms with Crippen molar-refractivity contribution in [2.45, 2.75) is 93.2 Å². The molecule has 2 rings (SSSR count). The topological polar surface area (TPSA) is 46.9 Å².